The van der Waals surface area contributed by atoms with E-state index in [9.17, 15) is 5.21 Å². The van der Waals surface area contributed by atoms with E-state index < -0.39 is 0 Å². The first-order chi connectivity index (χ1) is 6.11. The van der Waals surface area contributed by atoms with Crippen LogP contribution >= 0.6 is 0 Å². The average Bonchev–Trinajstić information content (AvgIpc) is 2.32. The summed E-state index contributed by atoms with van der Waals surface area (Å²) < 4.78 is 1.20. The molecule has 2 aromatic rings. The van der Waals surface area contributed by atoms with Crippen molar-refractivity contribution in [3.05, 3.63) is 29.5 Å². The molecule has 0 amide bonds. The van der Waals surface area contributed by atoms with Crippen LogP contribution in [0.2, 0.25) is 0 Å². The molecular formula is C10H12N2O. The molecular weight excluding hydrogens is 164 g/mol. The highest BCUT2D eigenvalue weighted by atomic mass is 16.5. The second-order valence-electron chi connectivity index (χ2n) is 3.30. The summed E-state index contributed by atoms with van der Waals surface area (Å²) in [6.07, 6.45) is 0. The second-order valence-corrected chi connectivity index (χ2v) is 3.30. The number of rotatable bonds is 0. The Morgan fingerprint density at radius 1 is 1.31 bits per heavy atom. The van der Waals surface area contributed by atoms with Crippen LogP contribution in [0.25, 0.3) is 10.9 Å². The number of anilines is 1. The largest absolute Gasteiger partial charge is 0.428 e. The van der Waals surface area contributed by atoms with E-state index >= 15 is 0 Å². The minimum atomic E-state index is 0.723. The van der Waals surface area contributed by atoms with Crippen molar-refractivity contribution in [1.29, 1.82) is 0 Å². The van der Waals surface area contributed by atoms with Gasteiger partial charge in [0, 0.05) is 11.1 Å². The summed E-state index contributed by atoms with van der Waals surface area (Å²) in [5, 5.41) is 10.7. The highest BCUT2D eigenvalue weighted by Gasteiger charge is 2.09. The Bertz CT molecular complexity index is 471. The van der Waals surface area contributed by atoms with E-state index in [1.165, 1.54) is 4.73 Å². The number of hydrogen-bond acceptors (Lipinski definition) is 2. The Labute approximate surface area is 76.4 Å². The fourth-order valence-corrected chi connectivity index (χ4v) is 1.57. The molecule has 13 heavy (non-hydrogen) atoms. The van der Waals surface area contributed by atoms with Gasteiger partial charge >= 0.3 is 0 Å². The van der Waals surface area contributed by atoms with Crippen molar-refractivity contribution in [3.63, 3.8) is 0 Å². The van der Waals surface area contributed by atoms with Gasteiger partial charge in [0.05, 0.1) is 11.2 Å². The average molecular weight is 176 g/mol. The van der Waals surface area contributed by atoms with Gasteiger partial charge < -0.3 is 10.9 Å². The van der Waals surface area contributed by atoms with Crippen molar-refractivity contribution in [2.75, 3.05) is 5.73 Å². The molecule has 3 N–H and O–H groups in total. The lowest BCUT2D eigenvalue weighted by Gasteiger charge is -1.96. The van der Waals surface area contributed by atoms with Crippen LogP contribution in [0.1, 0.15) is 11.3 Å². The molecule has 2 rings (SSSR count). The van der Waals surface area contributed by atoms with Crippen LogP contribution in [0.4, 0.5) is 5.69 Å². The zero-order valence-electron chi connectivity index (χ0n) is 7.70. The van der Waals surface area contributed by atoms with Crippen LogP contribution < -0.4 is 5.73 Å². The monoisotopic (exact) mass is 176 g/mol. The summed E-state index contributed by atoms with van der Waals surface area (Å²) in [4.78, 5) is 0. The maximum atomic E-state index is 9.65. The van der Waals surface area contributed by atoms with E-state index in [0.29, 0.717) is 0 Å². The molecule has 0 aliphatic rings. The Morgan fingerprint density at radius 3 is 2.69 bits per heavy atom. The molecule has 68 valence electrons. The van der Waals surface area contributed by atoms with Crippen molar-refractivity contribution in [2.24, 2.45) is 0 Å². The lowest BCUT2D eigenvalue weighted by Crippen LogP contribution is -1.92. The number of fused-ring (bicyclic) bond motifs is 1. The molecule has 0 spiro atoms. The van der Waals surface area contributed by atoms with E-state index in [2.05, 4.69) is 0 Å². The highest BCUT2D eigenvalue weighted by Crippen LogP contribution is 2.25. The Morgan fingerprint density at radius 2 is 2.00 bits per heavy atom. The fraction of sp³-hybridized carbons (Fsp3) is 0.200. The third-order valence-corrected chi connectivity index (χ3v) is 2.51. The molecule has 0 bridgehead atoms. The lowest BCUT2D eigenvalue weighted by molar-refractivity contribution is 0.193. The van der Waals surface area contributed by atoms with E-state index in [4.69, 9.17) is 5.73 Å². The first-order valence-electron chi connectivity index (χ1n) is 4.17. The summed E-state index contributed by atoms with van der Waals surface area (Å²) >= 11 is 0. The van der Waals surface area contributed by atoms with Crippen LogP contribution in [0.3, 0.4) is 0 Å². The van der Waals surface area contributed by atoms with Gasteiger partial charge in [0.25, 0.3) is 0 Å². The summed E-state index contributed by atoms with van der Waals surface area (Å²) in [5.74, 6) is 0. The van der Waals surface area contributed by atoms with Crippen LogP contribution in [0.15, 0.2) is 18.2 Å². The SMILES string of the molecule is Cc1c(C)n(O)c2ccc(N)cc12. The topological polar surface area (TPSA) is 51.2 Å². The van der Waals surface area contributed by atoms with Crippen LogP contribution in [0.5, 0.6) is 0 Å². The number of aromatic nitrogens is 1. The third kappa shape index (κ3) is 0.967. The summed E-state index contributed by atoms with van der Waals surface area (Å²) in [5.41, 5.74) is 9.13. The molecule has 0 saturated carbocycles. The van der Waals surface area contributed by atoms with Crippen molar-refractivity contribution in [3.8, 4) is 0 Å². The van der Waals surface area contributed by atoms with E-state index in [1.807, 2.05) is 26.0 Å². The fourth-order valence-electron chi connectivity index (χ4n) is 1.57. The van der Waals surface area contributed by atoms with Gasteiger partial charge in [-0.25, -0.2) is 0 Å². The number of hydrogen-bond donors (Lipinski definition) is 2. The van der Waals surface area contributed by atoms with Gasteiger partial charge in [0.15, 0.2) is 0 Å². The Kier molecular flexibility index (Phi) is 1.49. The number of aryl methyl sites for hydroxylation is 1. The summed E-state index contributed by atoms with van der Waals surface area (Å²) in [6.45, 7) is 3.86. The van der Waals surface area contributed by atoms with Gasteiger partial charge in [0.2, 0.25) is 0 Å². The van der Waals surface area contributed by atoms with Crippen LogP contribution in [-0.2, 0) is 0 Å². The number of nitrogens with two attached hydrogens (primary N) is 1. The third-order valence-electron chi connectivity index (χ3n) is 2.51. The highest BCUT2D eigenvalue weighted by molar-refractivity contribution is 5.87. The molecule has 0 aliphatic heterocycles. The number of nitrogens with zero attached hydrogens (tertiary/aromatic N) is 1. The van der Waals surface area contributed by atoms with E-state index in [0.717, 1.165) is 27.8 Å². The predicted octanol–water partition coefficient (Wildman–Crippen LogP) is 2.08. The zero-order valence-corrected chi connectivity index (χ0v) is 7.70. The number of benzene rings is 1. The van der Waals surface area contributed by atoms with Crippen molar-refractivity contribution in [1.82, 2.24) is 4.73 Å². The van der Waals surface area contributed by atoms with Crippen LogP contribution in [-0.4, -0.2) is 9.94 Å². The normalized spacial score (nSPS) is 10.9. The standard InChI is InChI=1S/C10H12N2O/c1-6-7(2)12(13)10-4-3-8(11)5-9(6)10/h3-5,13H,11H2,1-2H3. The minimum absolute atomic E-state index is 0.723. The number of nitrogen functional groups attached to an aromatic ring is 1. The molecule has 1 aromatic carbocycles. The first-order valence-corrected chi connectivity index (χ1v) is 4.17. The molecule has 0 saturated heterocycles. The molecule has 0 atom stereocenters. The summed E-state index contributed by atoms with van der Waals surface area (Å²) in [6, 6.07) is 5.49. The molecule has 1 aromatic heterocycles. The van der Waals surface area contributed by atoms with Gasteiger partial charge in [-0.1, -0.05) is 0 Å². The van der Waals surface area contributed by atoms with E-state index in [1.54, 1.807) is 6.07 Å². The quantitative estimate of drug-likeness (QED) is 0.477. The van der Waals surface area contributed by atoms with Crippen LogP contribution in [0, 0.1) is 13.8 Å². The molecule has 0 aliphatic carbocycles. The molecule has 3 heteroatoms. The van der Waals surface area contributed by atoms with Gasteiger partial charge in [-0.15, -0.1) is 0 Å². The molecule has 1 heterocycles. The Balaban J connectivity index is 2.95. The maximum absolute atomic E-state index is 9.65. The van der Waals surface area contributed by atoms with Gasteiger partial charge in [0.1, 0.15) is 0 Å². The molecule has 0 radical (unpaired) electrons. The van der Waals surface area contributed by atoms with Gasteiger partial charge in [-0.05, 0) is 37.6 Å². The van der Waals surface area contributed by atoms with Crippen molar-refractivity contribution < 1.29 is 5.21 Å². The predicted molar refractivity (Wildman–Crippen MR) is 53.0 cm³/mol. The molecule has 0 fully saturated rings. The summed E-state index contributed by atoms with van der Waals surface area (Å²) in [7, 11) is 0. The van der Waals surface area contributed by atoms with Gasteiger partial charge in [-0.2, -0.15) is 4.73 Å². The smallest absolute Gasteiger partial charge is 0.0872 e. The van der Waals surface area contributed by atoms with Crippen molar-refractivity contribution in [2.45, 2.75) is 13.8 Å². The first kappa shape index (κ1) is 7.98. The minimum Gasteiger partial charge on any atom is -0.428 e. The van der Waals surface area contributed by atoms with Crippen molar-refractivity contribution >= 4 is 16.6 Å². The molecule has 3 nitrogen and oxygen atoms in total. The Hall–Kier alpha value is -1.64. The zero-order chi connectivity index (χ0) is 9.59. The van der Waals surface area contributed by atoms with Gasteiger partial charge in [-0.3, -0.25) is 0 Å². The van der Waals surface area contributed by atoms with E-state index in [-0.39, 0.29) is 0 Å². The maximum Gasteiger partial charge on any atom is 0.0872 e. The molecule has 0 unspecified atom stereocenters. The second kappa shape index (κ2) is 2.42. The lowest BCUT2D eigenvalue weighted by atomic mass is 10.1.